The minimum Gasteiger partial charge on any atom is -0.508 e. The molecule has 0 aliphatic carbocycles. The number of phenols is 2. The lowest BCUT2D eigenvalue weighted by Gasteiger charge is -2.12. The van der Waals surface area contributed by atoms with Crippen molar-refractivity contribution in [3.63, 3.8) is 0 Å². The van der Waals surface area contributed by atoms with Crippen LogP contribution in [0.15, 0.2) is 12.1 Å². The Morgan fingerprint density at radius 2 is 1.85 bits per heavy atom. The third kappa shape index (κ3) is 2.05. The van der Waals surface area contributed by atoms with E-state index in [9.17, 15) is 10.2 Å². The summed E-state index contributed by atoms with van der Waals surface area (Å²) < 4.78 is 5.32. The summed E-state index contributed by atoms with van der Waals surface area (Å²) in [6.45, 7) is 5.39. The van der Waals surface area contributed by atoms with E-state index in [1.54, 1.807) is 13.0 Å². The molecule has 0 aliphatic rings. The van der Waals surface area contributed by atoms with Crippen molar-refractivity contribution in [1.82, 2.24) is 0 Å². The maximum absolute atomic E-state index is 9.54. The molecule has 13 heavy (non-hydrogen) atoms. The van der Waals surface area contributed by atoms with Crippen molar-refractivity contribution in [2.45, 2.75) is 26.9 Å². The Labute approximate surface area is 77.6 Å². The highest BCUT2D eigenvalue weighted by atomic mass is 16.5. The third-order valence-electron chi connectivity index (χ3n) is 1.73. The van der Waals surface area contributed by atoms with Gasteiger partial charge in [-0.15, -0.1) is 0 Å². The molecule has 0 fully saturated rings. The second-order valence-corrected chi connectivity index (χ2v) is 3.22. The largest absolute Gasteiger partial charge is 0.508 e. The molecule has 3 heteroatoms. The van der Waals surface area contributed by atoms with Crippen LogP contribution in [0.1, 0.15) is 19.4 Å². The second-order valence-electron chi connectivity index (χ2n) is 3.22. The van der Waals surface area contributed by atoms with Gasteiger partial charge in [-0.25, -0.2) is 0 Å². The van der Waals surface area contributed by atoms with Gasteiger partial charge in [0.05, 0.1) is 6.10 Å². The van der Waals surface area contributed by atoms with Gasteiger partial charge in [0.1, 0.15) is 5.75 Å². The van der Waals surface area contributed by atoms with E-state index < -0.39 is 0 Å². The highest BCUT2D eigenvalue weighted by Crippen LogP contribution is 2.35. The minimum absolute atomic E-state index is 0.00806. The summed E-state index contributed by atoms with van der Waals surface area (Å²) in [5, 5.41) is 18.8. The molecule has 0 atom stereocenters. The van der Waals surface area contributed by atoms with Gasteiger partial charge in [0, 0.05) is 5.56 Å². The van der Waals surface area contributed by atoms with Gasteiger partial charge in [0.15, 0.2) is 11.5 Å². The van der Waals surface area contributed by atoms with Crippen molar-refractivity contribution in [2.24, 2.45) is 0 Å². The molecule has 0 aliphatic heterocycles. The lowest BCUT2D eigenvalue weighted by atomic mass is 10.2. The topological polar surface area (TPSA) is 49.7 Å². The van der Waals surface area contributed by atoms with E-state index in [-0.39, 0.29) is 17.6 Å². The molecule has 72 valence electrons. The van der Waals surface area contributed by atoms with Gasteiger partial charge >= 0.3 is 0 Å². The van der Waals surface area contributed by atoms with E-state index in [1.807, 2.05) is 13.8 Å². The van der Waals surface area contributed by atoms with Crippen LogP contribution in [0.5, 0.6) is 17.2 Å². The predicted octanol–water partition coefficient (Wildman–Crippen LogP) is 2.19. The van der Waals surface area contributed by atoms with Crippen LogP contribution < -0.4 is 4.74 Å². The number of phenolic OH excluding ortho intramolecular Hbond substituents is 2. The number of ether oxygens (including phenoxy) is 1. The summed E-state index contributed by atoms with van der Waals surface area (Å²) in [7, 11) is 0. The predicted molar refractivity (Wildman–Crippen MR) is 50.3 cm³/mol. The van der Waals surface area contributed by atoms with Crippen LogP contribution in [0.2, 0.25) is 0 Å². The van der Waals surface area contributed by atoms with Crippen LogP contribution in [0.25, 0.3) is 0 Å². The first-order chi connectivity index (χ1) is 6.02. The molecule has 0 saturated carbocycles. The Balaban J connectivity index is 3.04. The van der Waals surface area contributed by atoms with E-state index in [1.165, 1.54) is 6.07 Å². The quantitative estimate of drug-likeness (QED) is 0.737. The molecule has 1 aromatic carbocycles. The molecule has 1 aromatic rings. The molecular weight excluding hydrogens is 168 g/mol. The lowest BCUT2D eigenvalue weighted by molar-refractivity contribution is 0.231. The fraction of sp³-hybridized carbons (Fsp3) is 0.400. The average molecular weight is 182 g/mol. The molecule has 0 amide bonds. The monoisotopic (exact) mass is 182 g/mol. The number of aromatic hydroxyl groups is 2. The first-order valence-corrected chi connectivity index (χ1v) is 4.20. The zero-order valence-corrected chi connectivity index (χ0v) is 8.03. The van der Waals surface area contributed by atoms with Crippen LogP contribution in [0.4, 0.5) is 0 Å². The zero-order chi connectivity index (χ0) is 10.0. The van der Waals surface area contributed by atoms with Gasteiger partial charge in [-0.2, -0.15) is 0 Å². The molecule has 0 heterocycles. The van der Waals surface area contributed by atoms with Gasteiger partial charge in [-0.1, -0.05) is 0 Å². The Kier molecular flexibility index (Phi) is 2.66. The molecular formula is C10H14O3. The Bertz CT molecular complexity index is 305. The van der Waals surface area contributed by atoms with Gasteiger partial charge in [-0.3, -0.25) is 0 Å². The second kappa shape index (κ2) is 3.56. The Morgan fingerprint density at radius 1 is 1.23 bits per heavy atom. The van der Waals surface area contributed by atoms with Crippen LogP contribution in [-0.4, -0.2) is 16.3 Å². The first kappa shape index (κ1) is 9.71. The molecule has 1 rings (SSSR count). The summed E-state index contributed by atoms with van der Waals surface area (Å²) in [6.07, 6.45) is 0.00911. The molecule has 0 aromatic heterocycles. The van der Waals surface area contributed by atoms with Crippen molar-refractivity contribution in [3.05, 3.63) is 17.7 Å². The van der Waals surface area contributed by atoms with Crippen molar-refractivity contribution in [2.75, 3.05) is 0 Å². The van der Waals surface area contributed by atoms with Crippen LogP contribution >= 0.6 is 0 Å². The van der Waals surface area contributed by atoms with Gasteiger partial charge < -0.3 is 14.9 Å². The Hall–Kier alpha value is -1.38. The zero-order valence-electron chi connectivity index (χ0n) is 8.03. The number of rotatable bonds is 2. The van der Waals surface area contributed by atoms with Crippen molar-refractivity contribution < 1.29 is 14.9 Å². The van der Waals surface area contributed by atoms with Gasteiger partial charge in [-0.05, 0) is 32.9 Å². The lowest BCUT2D eigenvalue weighted by Crippen LogP contribution is -2.05. The molecule has 0 unspecified atom stereocenters. The van der Waals surface area contributed by atoms with Crippen molar-refractivity contribution in [3.8, 4) is 17.2 Å². The maximum atomic E-state index is 9.54. The average Bonchev–Trinajstić information content (AvgIpc) is 2.06. The number of hydrogen-bond acceptors (Lipinski definition) is 3. The fourth-order valence-corrected chi connectivity index (χ4v) is 1.01. The number of benzene rings is 1. The van der Waals surface area contributed by atoms with E-state index in [0.717, 1.165) is 0 Å². The van der Waals surface area contributed by atoms with E-state index in [4.69, 9.17) is 4.74 Å². The molecule has 0 saturated heterocycles. The van der Waals surface area contributed by atoms with Gasteiger partial charge in [0.2, 0.25) is 0 Å². The van der Waals surface area contributed by atoms with E-state index in [0.29, 0.717) is 11.3 Å². The van der Waals surface area contributed by atoms with Crippen molar-refractivity contribution >= 4 is 0 Å². The molecule has 0 bridgehead atoms. The summed E-state index contributed by atoms with van der Waals surface area (Å²) in [4.78, 5) is 0. The van der Waals surface area contributed by atoms with Crippen molar-refractivity contribution in [1.29, 1.82) is 0 Å². The van der Waals surface area contributed by atoms with Crippen LogP contribution in [0.3, 0.4) is 0 Å². The normalized spacial score (nSPS) is 10.5. The van der Waals surface area contributed by atoms with Crippen LogP contribution in [-0.2, 0) is 0 Å². The van der Waals surface area contributed by atoms with Crippen LogP contribution in [0, 0.1) is 6.92 Å². The Morgan fingerprint density at radius 3 is 2.38 bits per heavy atom. The molecule has 3 nitrogen and oxygen atoms in total. The summed E-state index contributed by atoms with van der Waals surface area (Å²) in [5.41, 5.74) is 0.443. The van der Waals surface area contributed by atoms with E-state index in [2.05, 4.69) is 0 Å². The standard InChI is InChI=1S/C10H14O3/c1-6(2)13-9-5-4-8(11)7(3)10(9)12/h4-6,11-12H,1-3H3. The van der Waals surface area contributed by atoms with Gasteiger partial charge in [0.25, 0.3) is 0 Å². The highest BCUT2D eigenvalue weighted by Gasteiger charge is 2.09. The highest BCUT2D eigenvalue weighted by molar-refractivity contribution is 5.51. The molecule has 0 spiro atoms. The third-order valence-corrected chi connectivity index (χ3v) is 1.73. The molecule has 0 radical (unpaired) electrons. The first-order valence-electron chi connectivity index (χ1n) is 4.20. The maximum Gasteiger partial charge on any atom is 0.164 e. The SMILES string of the molecule is Cc1c(O)ccc(OC(C)C)c1O. The summed E-state index contributed by atoms with van der Waals surface area (Å²) >= 11 is 0. The fourth-order valence-electron chi connectivity index (χ4n) is 1.01. The number of hydrogen-bond donors (Lipinski definition) is 2. The van der Waals surface area contributed by atoms with E-state index >= 15 is 0 Å². The minimum atomic E-state index is 0.00806. The smallest absolute Gasteiger partial charge is 0.164 e. The summed E-state index contributed by atoms with van der Waals surface area (Å²) in [6, 6.07) is 3.06. The summed E-state index contributed by atoms with van der Waals surface area (Å²) in [5.74, 6) is 0.493. The molecule has 2 N–H and O–H groups in total.